The van der Waals surface area contributed by atoms with Crippen LogP contribution in [0.2, 0.25) is 0 Å². The number of aromatic nitrogens is 4. The molecule has 1 saturated heterocycles. The second-order valence-electron chi connectivity index (χ2n) is 10.7. The lowest BCUT2D eigenvalue weighted by Gasteiger charge is -2.35. The van der Waals surface area contributed by atoms with Gasteiger partial charge in [0, 0.05) is 81.9 Å². The smallest absolute Gasteiger partial charge is 0.219 e. The normalized spacial score (nSPS) is 21.5. The summed E-state index contributed by atoms with van der Waals surface area (Å²) >= 11 is 0. The van der Waals surface area contributed by atoms with Crippen molar-refractivity contribution in [3.8, 4) is 11.1 Å². The van der Waals surface area contributed by atoms with E-state index in [0.29, 0.717) is 18.4 Å². The number of rotatable bonds is 5. The minimum Gasteiger partial charge on any atom is -0.381 e. The molecule has 0 radical (unpaired) electrons. The van der Waals surface area contributed by atoms with Gasteiger partial charge < -0.3 is 14.5 Å². The number of amides is 1. The maximum Gasteiger partial charge on any atom is 0.219 e. The summed E-state index contributed by atoms with van der Waals surface area (Å²) in [5.74, 6) is 2.26. The minimum atomic E-state index is 0.135. The molecule has 3 aliphatic heterocycles. The van der Waals surface area contributed by atoms with Gasteiger partial charge in [-0.25, -0.2) is 0 Å². The molecule has 3 aromatic rings. The monoisotopic (exact) mass is 488 g/mol. The Hall–Kier alpha value is -3.13. The molecule has 0 aliphatic carbocycles. The molecule has 6 rings (SSSR count). The van der Waals surface area contributed by atoms with Gasteiger partial charge in [-0.05, 0) is 54.4 Å². The van der Waals surface area contributed by atoms with Crippen LogP contribution in [0.5, 0.6) is 0 Å². The predicted octanol–water partition coefficient (Wildman–Crippen LogP) is 4.26. The Morgan fingerprint density at radius 2 is 2.08 bits per heavy atom. The summed E-state index contributed by atoms with van der Waals surface area (Å²) in [5, 5.41) is 9.59. The number of anilines is 2. The number of fused-ring (bicyclic) bond motifs is 2. The number of hydrogen-bond donors (Lipinski definition) is 0. The molecule has 1 aromatic carbocycles. The third kappa shape index (κ3) is 4.21. The van der Waals surface area contributed by atoms with Crippen molar-refractivity contribution in [1.29, 1.82) is 0 Å². The van der Waals surface area contributed by atoms with E-state index in [1.807, 2.05) is 22.8 Å². The van der Waals surface area contributed by atoms with Crippen LogP contribution < -0.4 is 4.90 Å². The number of aryl methyl sites for hydroxylation is 2. The van der Waals surface area contributed by atoms with Crippen molar-refractivity contribution in [3.05, 3.63) is 47.4 Å². The molecule has 0 bridgehead atoms. The van der Waals surface area contributed by atoms with Crippen molar-refractivity contribution in [3.63, 3.8) is 0 Å². The molecule has 5 heterocycles. The molecule has 190 valence electrons. The maximum absolute atomic E-state index is 12.3. The predicted molar refractivity (Wildman–Crippen MR) is 139 cm³/mol. The molecule has 36 heavy (non-hydrogen) atoms. The molecule has 2 aromatic heterocycles. The van der Waals surface area contributed by atoms with Crippen LogP contribution in [0.3, 0.4) is 0 Å². The van der Waals surface area contributed by atoms with Gasteiger partial charge in [0.05, 0.1) is 12.7 Å². The Bertz CT molecular complexity index is 1270. The second-order valence-corrected chi connectivity index (χ2v) is 10.7. The number of ether oxygens (including phenoxy) is 1. The summed E-state index contributed by atoms with van der Waals surface area (Å²) in [5.41, 5.74) is 7.44. The van der Waals surface area contributed by atoms with E-state index in [4.69, 9.17) is 9.84 Å². The zero-order valence-electron chi connectivity index (χ0n) is 21.6. The van der Waals surface area contributed by atoms with Crippen molar-refractivity contribution in [2.75, 3.05) is 31.2 Å². The van der Waals surface area contributed by atoms with Crippen LogP contribution in [0.1, 0.15) is 55.8 Å². The average molecular weight is 489 g/mol. The molecule has 1 fully saturated rings. The fourth-order valence-electron chi connectivity index (χ4n) is 6.02. The summed E-state index contributed by atoms with van der Waals surface area (Å²) < 4.78 is 9.69. The maximum atomic E-state index is 12.3. The van der Waals surface area contributed by atoms with Gasteiger partial charge in [-0.1, -0.05) is 13.0 Å². The Labute approximate surface area is 212 Å². The van der Waals surface area contributed by atoms with E-state index >= 15 is 0 Å². The minimum absolute atomic E-state index is 0.135. The van der Waals surface area contributed by atoms with E-state index in [2.05, 4.69) is 46.0 Å². The summed E-state index contributed by atoms with van der Waals surface area (Å²) in [7, 11) is 1.95. The third-order valence-electron chi connectivity index (χ3n) is 8.26. The molecule has 1 amide bonds. The quantitative estimate of drug-likeness (QED) is 0.537. The topological polar surface area (TPSA) is 68.4 Å². The second kappa shape index (κ2) is 9.39. The molecular formula is C28H36N6O2. The van der Waals surface area contributed by atoms with E-state index in [-0.39, 0.29) is 5.91 Å². The highest BCUT2D eigenvalue weighted by atomic mass is 16.5. The van der Waals surface area contributed by atoms with Gasteiger partial charge >= 0.3 is 0 Å². The summed E-state index contributed by atoms with van der Waals surface area (Å²) in [6.45, 7) is 8.98. The first-order valence-electron chi connectivity index (χ1n) is 13.3. The van der Waals surface area contributed by atoms with Crippen LogP contribution >= 0.6 is 0 Å². The number of carbonyl (C=O) groups is 1. The highest BCUT2D eigenvalue weighted by Gasteiger charge is 2.32. The first-order valence-corrected chi connectivity index (χ1v) is 13.3. The van der Waals surface area contributed by atoms with Crippen LogP contribution in [-0.4, -0.2) is 56.7 Å². The van der Waals surface area contributed by atoms with Crippen LogP contribution in [0.4, 0.5) is 11.5 Å². The van der Waals surface area contributed by atoms with Gasteiger partial charge in [-0.15, -0.1) is 0 Å². The lowest BCUT2D eigenvalue weighted by molar-refractivity contribution is -0.129. The third-order valence-corrected chi connectivity index (χ3v) is 8.26. The first kappa shape index (κ1) is 23.3. The molecule has 0 spiro atoms. The highest BCUT2D eigenvalue weighted by molar-refractivity contribution is 5.76. The van der Waals surface area contributed by atoms with E-state index in [9.17, 15) is 4.79 Å². The number of hydrogen-bond acceptors (Lipinski definition) is 5. The Kier molecular flexibility index (Phi) is 6.07. The molecule has 8 heteroatoms. The zero-order valence-corrected chi connectivity index (χ0v) is 21.6. The van der Waals surface area contributed by atoms with Crippen molar-refractivity contribution in [1.82, 2.24) is 24.5 Å². The fraction of sp³-hybridized carbons (Fsp3) is 0.536. The van der Waals surface area contributed by atoms with Gasteiger partial charge in [-0.2, -0.15) is 10.2 Å². The van der Waals surface area contributed by atoms with Crippen LogP contribution in [0.25, 0.3) is 11.1 Å². The van der Waals surface area contributed by atoms with E-state index in [0.717, 1.165) is 69.9 Å². The highest BCUT2D eigenvalue weighted by Crippen LogP contribution is 2.43. The van der Waals surface area contributed by atoms with Crippen molar-refractivity contribution >= 4 is 17.4 Å². The fourth-order valence-corrected chi connectivity index (χ4v) is 6.02. The Balaban J connectivity index is 1.37. The first-order chi connectivity index (χ1) is 17.5. The number of carbonyl (C=O) groups excluding carboxylic acids is 1. The summed E-state index contributed by atoms with van der Waals surface area (Å²) in [4.78, 5) is 16.6. The van der Waals surface area contributed by atoms with Gasteiger partial charge in [0.15, 0.2) is 5.82 Å². The Morgan fingerprint density at radius 1 is 1.19 bits per heavy atom. The van der Waals surface area contributed by atoms with Crippen molar-refractivity contribution < 1.29 is 9.53 Å². The average Bonchev–Trinajstić information content (AvgIpc) is 3.63. The molecule has 0 N–H and O–H groups in total. The standard InChI is InChI=1S/C28H36N6O2/c1-19-6-11-33(26-5-4-22(14-24(19)26)23-15-29-31(3)16-23)28-25-17-32(20(2)35)10-8-27(25)34(30-28)12-7-21-9-13-36-18-21/h4-5,14-16,19,21H,6-13,17-18H2,1-3H3/t19-,21-/m0/s1. The summed E-state index contributed by atoms with van der Waals surface area (Å²) in [6.07, 6.45) is 8.16. The lowest BCUT2D eigenvalue weighted by Crippen LogP contribution is -2.35. The van der Waals surface area contributed by atoms with Crippen LogP contribution in [-0.2, 0) is 36.1 Å². The van der Waals surface area contributed by atoms with E-state index in [1.165, 1.54) is 28.1 Å². The number of nitrogens with zero attached hydrogens (tertiary/aromatic N) is 6. The number of benzene rings is 1. The molecule has 0 saturated carbocycles. The van der Waals surface area contributed by atoms with Gasteiger partial charge in [0.1, 0.15) is 0 Å². The lowest BCUT2D eigenvalue weighted by atomic mass is 9.89. The van der Waals surface area contributed by atoms with Crippen molar-refractivity contribution in [2.45, 2.75) is 58.5 Å². The molecular weight excluding hydrogens is 452 g/mol. The summed E-state index contributed by atoms with van der Waals surface area (Å²) in [6, 6.07) is 6.78. The SMILES string of the molecule is CC(=O)N1CCc2c(c(N3CC[C@H](C)c4cc(-c5cnn(C)c5)ccc43)nn2CC[C@H]2CCOC2)C1. The van der Waals surface area contributed by atoms with Gasteiger partial charge in [0.25, 0.3) is 0 Å². The van der Waals surface area contributed by atoms with Gasteiger partial charge in [-0.3, -0.25) is 14.2 Å². The molecule has 8 nitrogen and oxygen atoms in total. The van der Waals surface area contributed by atoms with Gasteiger partial charge in [0.2, 0.25) is 5.91 Å². The van der Waals surface area contributed by atoms with Crippen LogP contribution in [0, 0.1) is 5.92 Å². The van der Waals surface area contributed by atoms with Crippen LogP contribution in [0.15, 0.2) is 30.6 Å². The molecule has 0 unspecified atom stereocenters. The molecule has 3 aliphatic rings. The molecule has 2 atom stereocenters. The van der Waals surface area contributed by atoms with Crippen molar-refractivity contribution in [2.24, 2.45) is 13.0 Å². The van der Waals surface area contributed by atoms with E-state index in [1.54, 1.807) is 6.92 Å². The largest absolute Gasteiger partial charge is 0.381 e. The Morgan fingerprint density at radius 3 is 2.83 bits per heavy atom. The zero-order chi connectivity index (χ0) is 24.8. The van der Waals surface area contributed by atoms with E-state index < -0.39 is 0 Å².